The van der Waals surface area contributed by atoms with E-state index in [9.17, 15) is 9.90 Å². The SMILES string of the molecule is CCCCCCCCN1C=C[N+](CC)(C(=O)O)C1. The average molecular weight is 255 g/mol. The number of quaternary nitrogens is 1. The molecule has 0 saturated heterocycles. The van der Waals surface area contributed by atoms with Gasteiger partial charge in [-0.2, -0.15) is 9.28 Å². The summed E-state index contributed by atoms with van der Waals surface area (Å²) in [4.78, 5) is 13.4. The Balaban J connectivity index is 2.19. The average Bonchev–Trinajstić information content (AvgIpc) is 2.78. The number of nitrogens with zero attached hydrogens (tertiary/aromatic N) is 2. The third kappa shape index (κ3) is 4.02. The van der Waals surface area contributed by atoms with Gasteiger partial charge in [0.1, 0.15) is 6.20 Å². The molecule has 0 fully saturated rings. The summed E-state index contributed by atoms with van der Waals surface area (Å²) >= 11 is 0. The topological polar surface area (TPSA) is 40.5 Å². The van der Waals surface area contributed by atoms with E-state index in [0.29, 0.717) is 13.2 Å². The summed E-state index contributed by atoms with van der Waals surface area (Å²) in [5.41, 5.74) is 0. The molecule has 1 heterocycles. The molecule has 1 aliphatic rings. The number of amides is 1. The summed E-state index contributed by atoms with van der Waals surface area (Å²) in [7, 11) is 0. The molecule has 1 N–H and O–H groups in total. The fourth-order valence-electron chi connectivity index (χ4n) is 2.35. The smallest absolute Gasteiger partial charge is 0.435 e. The normalized spacial score (nSPS) is 22.7. The Morgan fingerprint density at radius 1 is 1.22 bits per heavy atom. The summed E-state index contributed by atoms with van der Waals surface area (Å²) in [6.45, 7) is 6.32. The molecule has 18 heavy (non-hydrogen) atoms. The quantitative estimate of drug-likeness (QED) is 0.532. The number of carboxylic acid groups (broad SMARTS) is 1. The zero-order valence-electron chi connectivity index (χ0n) is 11.8. The Kier molecular flexibility index (Phi) is 6.19. The molecule has 0 aromatic carbocycles. The van der Waals surface area contributed by atoms with Crippen molar-refractivity contribution in [2.75, 3.05) is 19.8 Å². The highest BCUT2D eigenvalue weighted by Gasteiger charge is 2.38. The van der Waals surface area contributed by atoms with Crippen molar-refractivity contribution in [2.45, 2.75) is 52.4 Å². The van der Waals surface area contributed by atoms with E-state index in [4.69, 9.17) is 0 Å². The van der Waals surface area contributed by atoms with Gasteiger partial charge in [-0.25, -0.2) is 0 Å². The van der Waals surface area contributed by atoms with E-state index in [-0.39, 0.29) is 4.48 Å². The summed E-state index contributed by atoms with van der Waals surface area (Å²) in [6.07, 6.45) is 10.7. The lowest BCUT2D eigenvalue weighted by Crippen LogP contribution is -2.48. The van der Waals surface area contributed by atoms with E-state index >= 15 is 0 Å². The monoisotopic (exact) mass is 255 g/mol. The summed E-state index contributed by atoms with van der Waals surface area (Å²) in [6, 6.07) is 0. The zero-order chi connectivity index (χ0) is 13.4. The molecule has 104 valence electrons. The predicted molar refractivity (Wildman–Crippen MR) is 72.9 cm³/mol. The molecule has 4 heteroatoms. The second-order valence-electron chi connectivity index (χ2n) is 5.15. The molecule has 0 aliphatic carbocycles. The number of hydrogen-bond acceptors (Lipinski definition) is 2. The standard InChI is InChI=1S/C14H26N2O2/c1-3-5-6-7-8-9-10-15-11-12-16(4-2,13-15)14(17)18/h11-12H,3-10,13H2,1-2H3/p+1. The second-order valence-corrected chi connectivity index (χ2v) is 5.15. The van der Waals surface area contributed by atoms with Gasteiger partial charge < -0.3 is 10.0 Å². The predicted octanol–water partition coefficient (Wildman–Crippen LogP) is 3.61. The molecule has 1 amide bonds. The number of hydrogen-bond donors (Lipinski definition) is 1. The van der Waals surface area contributed by atoms with Crippen LogP contribution in [0.2, 0.25) is 0 Å². The largest absolute Gasteiger partial charge is 0.519 e. The minimum atomic E-state index is -0.751. The molecular formula is C14H27N2O2+. The third-order valence-electron chi connectivity index (χ3n) is 3.74. The van der Waals surface area contributed by atoms with Gasteiger partial charge in [-0.05, 0) is 13.3 Å². The van der Waals surface area contributed by atoms with Gasteiger partial charge >= 0.3 is 6.09 Å². The van der Waals surface area contributed by atoms with Crippen LogP contribution in [0.1, 0.15) is 52.4 Å². The van der Waals surface area contributed by atoms with E-state index in [0.717, 1.165) is 13.0 Å². The third-order valence-corrected chi connectivity index (χ3v) is 3.74. The van der Waals surface area contributed by atoms with Crippen LogP contribution in [0.15, 0.2) is 12.4 Å². The zero-order valence-corrected chi connectivity index (χ0v) is 11.8. The molecular weight excluding hydrogens is 228 g/mol. The Bertz CT molecular complexity index is 292. The maximum atomic E-state index is 11.2. The number of rotatable bonds is 8. The number of unbranched alkanes of at least 4 members (excludes halogenated alkanes) is 5. The van der Waals surface area contributed by atoms with Crippen LogP contribution >= 0.6 is 0 Å². The van der Waals surface area contributed by atoms with Crippen LogP contribution < -0.4 is 0 Å². The van der Waals surface area contributed by atoms with Crippen molar-refractivity contribution in [3.8, 4) is 0 Å². The molecule has 0 aromatic rings. The van der Waals surface area contributed by atoms with Crippen molar-refractivity contribution >= 4 is 6.09 Å². The first-order chi connectivity index (χ1) is 8.64. The van der Waals surface area contributed by atoms with Crippen LogP contribution in [0, 0.1) is 0 Å². The minimum absolute atomic E-state index is 0.0514. The highest BCUT2D eigenvalue weighted by atomic mass is 16.4. The van der Waals surface area contributed by atoms with Gasteiger partial charge in [-0.3, -0.25) is 0 Å². The Morgan fingerprint density at radius 2 is 1.89 bits per heavy atom. The van der Waals surface area contributed by atoms with E-state index in [1.807, 2.05) is 13.1 Å². The molecule has 0 bridgehead atoms. The van der Waals surface area contributed by atoms with Crippen molar-refractivity contribution in [2.24, 2.45) is 0 Å². The van der Waals surface area contributed by atoms with Gasteiger partial charge in [-0.15, -0.1) is 0 Å². The maximum Gasteiger partial charge on any atom is 0.519 e. The fraction of sp³-hybridized carbons (Fsp3) is 0.786. The lowest BCUT2D eigenvalue weighted by molar-refractivity contribution is -0.806. The van der Waals surface area contributed by atoms with E-state index < -0.39 is 6.09 Å². The van der Waals surface area contributed by atoms with E-state index in [1.54, 1.807) is 6.20 Å². The molecule has 1 atom stereocenters. The molecule has 1 aliphatic heterocycles. The first-order valence-electron chi connectivity index (χ1n) is 7.18. The first kappa shape index (κ1) is 15.0. The lowest BCUT2D eigenvalue weighted by Gasteiger charge is -2.25. The van der Waals surface area contributed by atoms with Crippen LogP contribution in [0.4, 0.5) is 4.79 Å². The van der Waals surface area contributed by atoms with Gasteiger partial charge in [0.25, 0.3) is 0 Å². The molecule has 0 radical (unpaired) electrons. The Morgan fingerprint density at radius 3 is 2.44 bits per heavy atom. The highest BCUT2D eigenvalue weighted by Crippen LogP contribution is 2.19. The van der Waals surface area contributed by atoms with Gasteiger partial charge in [-0.1, -0.05) is 39.0 Å². The van der Waals surface area contributed by atoms with Crippen LogP contribution in [0.5, 0.6) is 0 Å². The van der Waals surface area contributed by atoms with Gasteiger partial charge in [0.15, 0.2) is 6.67 Å². The van der Waals surface area contributed by atoms with Crippen LogP contribution in [0.3, 0.4) is 0 Å². The molecule has 0 spiro atoms. The Hall–Kier alpha value is -1.03. The Labute approximate surface area is 110 Å². The molecule has 0 saturated carbocycles. The minimum Gasteiger partial charge on any atom is -0.435 e. The van der Waals surface area contributed by atoms with Gasteiger partial charge in [0.05, 0.1) is 12.7 Å². The second kappa shape index (κ2) is 7.41. The van der Waals surface area contributed by atoms with Crippen LogP contribution in [0.25, 0.3) is 0 Å². The van der Waals surface area contributed by atoms with Crippen molar-refractivity contribution in [1.82, 2.24) is 4.90 Å². The van der Waals surface area contributed by atoms with E-state index in [1.165, 1.54) is 32.1 Å². The summed E-state index contributed by atoms with van der Waals surface area (Å²) < 4.78 is 0.0514. The van der Waals surface area contributed by atoms with Gasteiger partial charge in [0, 0.05) is 6.54 Å². The van der Waals surface area contributed by atoms with Gasteiger partial charge in [0.2, 0.25) is 0 Å². The number of carbonyl (C=O) groups is 1. The molecule has 4 nitrogen and oxygen atoms in total. The molecule has 1 unspecified atom stereocenters. The summed E-state index contributed by atoms with van der Waals surface area (Å²) in [5.74, 6) is 0. The lowest BCUT2D eigenvalue weighted by atomic mass is 10.1. The van der Waals surface area contributed by atoms with Crippen molar-refractivity contribution < 1.29 is 14.4 Å². The van der Waals surface area contributed by atoms with Crippen molar-refractivity contribution in [3.05, 3.63) is 12.4 Å². The first-order valence-corrected chi connectivity index (χ1v) is 7.18. The van der Waals surface area contributed by atoms with Crippen molar-refractivity contribution in [3.63, 3.8) is 0 Å². The maximum absolute atomic E-state index is 11.2. The van der Waals surface area contributed by atoms with E-state index in [2.05, 4.69) is 11.8 Å². The van der Waals surface area contributed by atoms with Crippen molar-refractivity contribution in [1.29, 1.82) is 0 Å². The highest BCUT2D eigenvalue weighted by molar-refractivity contribution is 5.57. The molecule has 1 rings (SSSR count). The van der Waals surface area contributed by atoms with Crippen LogP contribution in [-0.2, 0) is 0 Å². The van der Waals surface area contributed by atoms with Crippen LogP contribution in [-0.4, -0.2) is 40.3 Å². The summed E-state index contributed by atoms with van der Waals surface area (Å²) in [5, 5.41) is 9.24. The molecule has 0 aromatic heterocycles. The fourth-order valence-corrected chi connectivity index (χ4v) is 2.35.